The lowest BCUT2D eigenvalue weighted by molar-refractivity contribution is -0.142. The Labute approximate surface area is 97.6 Å². The molecular weight excluding hydrogens is 202 g/mol. The first-order valence-electron chi connectivity index (χ1n) is 6.50. The standard InChI is InChI=1S/C13H23NO2/c1-9(13(2)7-8-13)14-11-5-3-10(4-6-11)12(15)16/h9-11,14H,3-8H2,1-2H3,(H,15,16). The van der Waals surface area contributed by atoms with Gasteiger partial charge >= 0.3 is 5.97 Å². The maximum atomic E-state index is 10.8. The molecule has 0 aliphatic heterocycles. The lowest BCUT2D eigenvalue weighted by atomic mass is 9.85. The van der Waals surface area contributed by atoms with Crippen LogP contribution in [0.1, 0.15) is 52.4 Å². The van der Waals surface area contributed by atoms with E-state index in [2.05, 4.69) is 19.2 Å². The SMILES string of the molecule is CC(NC1CCC(C(=O)O)CC1)C1(C)CC1. The van der Waals surface area contributed by atoms with Crippen molar-refractivity contribution in [1.29, 1.82) is 0 Å². The van der Waals surface area contributed by atoms with Crippen LogP contribution >= 0.6 is 0 Å². The summed E-state index contributed by atoms with van der Waals surface area (Å²) in [6.07, 6.45) is 6.42. The summed E-state index contributed by atoms with van der Waals surface area (Å²) in [6.45, 7) is 4.61. The lowest BCUT2D eigenvalue weighted by Gasteiger charge is -2.31. The number of aliphatic carboxylic acids is 1. The zero-order valence-corrected chi connectivity index (χ0v) is 10.3. The van der Waals surface area contributed by atoms with Crippen molar-refractivity contribution in [3.05, 3.63) is 0 Å². The number of nitrogens with one attached hydrogen (secondary N) is 1. The topological polar surface area (TPSA) is 49.3 Å². The fourth-order valence-electron chi connectivity index (χ4n) is 2.69. The van der Waals surface area contributed by atoms with Crippen LogP contribution in [0, 0.1) is 11.3 Å². The molecule has 1 unspecified atom stereocenters. The van der Waals surface area contributed by atoms with Gasteiger partial charge in [0.05, 0.1) is 5.92 Å². The molecule has 0 bridgehead atoms. The van der Waals surface area contributed by atoms with Gasteiger partial charge in [-0.1, -0.05) is 6.92 Å². The van der Waals surface area contributed by atoms with Crippen LogP contribution in [0.5, 0.6) is 0 Å². The second-order valence-corrected chi connectivity index (χ2v) is 5.93. The van der Waals surface area contributed by atoms with Gasteiger partial charge < -0.3 is 10.4 Å². The van der Waals surface area contributed by atoms with E-state index in [-0.39, 0.29) is 5.92 Å². The predicted octanol–water partition coefficient (Wildman–Crippen LogP) is 2.41. The number of carbonyl (C=O) groups is 1. The monoisotopic (exact) mass is 225 g/mol. The lowest BCUT2D eigenvalue weighted by Crippen LogP contribution is -2.43. The second-order valence-electron chi connectivity index (χ2n) is 5.93. The molecule has 0 aromatic heterocycles. The van der Waals surface area contributed by atoms with Crippen molar-refractivity contribution in [2.24, 2.45) is 11.3 Å². The van der Waals surface area contributed by atoms with Gasteiger partial charge in [-0.05, 0) is 50.9 Å². The molecule has 0 spiro atoms. The van der Waals surface area contributed by atoms with Gasteiger partial charge in [-0.3, -0.25) is 4.79 Å². The summed E-state index contributed by atoms with van der Waals surface area (Å²) in [6, 6.07) is 1.13. The smallest absolute Gasteiger partial charge is 0.306 e. The molecule has 92 valence electrons. The van der Waals surface area contributed by atoms with Crippen LogP contribution < -0.4 is 5.32 Å². The minimum atomic E-state index is -0.611. The fraction of sp³-hybridized carbons (Fsp3) is 0.923. The highest BCUT2D eigenvalue weighted by molar-refractivity contribution is 5.70. The molecule has 0 saturated heterocycles. The van der Waals surface area contributed by atoms with Crippen molar-refractivity contribution in [1.82, 2.24) is 5.32 Å². The molecule has 2 N–H and O–H groups in total. The van der Waals surface area contributed by atoms with Crippen LogP contribution in [-0.2, 0) is 4.79 Å². The maximum absolute atomic E-state index is 10.8. The van der Waals surface area contributed by atoms with Crippen molar-refractivity contribution >= 4 is 5.97 Å². The predicted molar refractivity (Wildman–Crippen MR) is 63.3 cm³/mol. The van der Waals surface area contributed by atoms with Crippen LogP contribution in [0.15, 0.2) is 0 Å². The van der Waals surface area contributed by atoms with Crippen LogP contribution in [0.25, 0.3) is 0 Å². The Bertz CT molecular complexity index is 265. The maximum Gasteiger partial charge on any atom is 0.306 e. The summed E-state index contributed by atoms with van der Waals surface area (Å²) in [5, 5.41) is 12.6. The first kappa shape index (κ1) is 11.9. The molecule has 0 radical (unpaired) electrons. The molecule has 0 heterocycles. The summed E-state index contributed by atoms with van der Waals surface area (Å²) < 4.78 is 0. The van der Waals surface area contributed by atoms with Crippen LogP contribution in [0.2, 0.25) is 0 Å². The minimum Gasteiger partial charge on any atom is -0.481 e. The first-order chi connectivity index (χ1) is 7.51. The van der Waals surface area contributed by atoms with Gasteiger partial charge in [-0.25, -0.2) is 0 Å². The quantitative estimate of drug-likeness (QED) is 0.772. The van der Waals surface area contributed by atoms with Crippen molar-refractivity contribution in [3.8, 4) is 0 Å². The van der Waals surface area contributed by atoms with E-state index in [9.17, 15) is 4.79 Å². The Hall–Kier alpha value is -0.570. The highest BCUT2D eigenvalue weighted by Crippen LogP contribution is 2.48. The highest BCUT2D eigenvalue weighted by atomic mass is 16.4. The Kier molecular flexibility index (Phi) is 3.24. The molecule has 3 heteroatoms. The average Bonchev–Trinajstić information content (AvgIpc) is 2.99. The van der Waals surface area contributed by atoms with Crippen LogP contribution in [0.4, 0.5) is 0 Å². The third kappa shape index (κ3) is 2.57. The van der Waals surface area contributed by atoms with E-state index in [1.165, 1.54) is 12.8 Å². The van der Waals surface area contributed by atoms with Gasteiger partial charge in [-0.2, -0.15) is 0 Å². The Morgan fingerprint density at radius 3 is 2.31 bits per heavy atom. The van der Waals surface area contributed by atoms with E-state index in [1.807, 2.05) is 0 Å². The van der Waals surface area contributed by atoms with Crippen molar-refractivity contribution in [3.63, 3.8) is 0 Å². The van der Waals surface area contributed by atoms with Gasteiger partial charge in [0.2, 0.25) is 0 Å². The first-order valence-corrected chi connectivity index (χ1v) is 6.50. The number of hydrogen-bond donors (Lipinski definition) is 2. The normalized spacial score (nSPS) is 34.4. The molecule has 16 heavy (non-hydrogen) atoms. The van der Waals surface area contributed by atoms with E-state index < -0.39 is 5.97 Å². The summed E-state index contributed by atoms with van der Waals surface area (Å²) in [7, 11) is 0. The summed E-state index contributed by atoms with van der Waals surface area (Å²) >= 11 is 0. The molecule has 0 aromatic rings. The van der Waals surface area contributed by atoms with E-state index in [0.29, 0.717) is 17.5 Å². The second kappa shape index (κ2) is 4.36. The molecular formula is C13H23NO2. The Morgan fingerprint density at radius 2 is 1.88 bits per heavy atom. The zero-order valence-electron chi connectivity index (χ0n) is 10.3. The summed E-state index contributed by atoms with van der Waals surface area (Å²) in [4.78, 5) is 10.8. The zero-order chi connectivity index (χ0) is 11.8. The third-order valence-electron chi connectivity index (χ3n) is 4.65. The molecule has 2 fully saturated rings. The molecule has 1 atom stereocenters. The molecule has 2 rings (SSSR count). The van der Waals surface area contributed by atoms with E-state index in [1.54, 1.807) is 0 Å². The largest absolute Gasteiger partial charge is 0.481 e. The molecule has 2 saturated carbocycles. The van der Waals surface area contributed by atoms with Gasteiger partial charge in [0.25, 0.3) is 0 Å². The third-order valence-corrected chi connectivity index (χ3v) is 4.65. The van der Waals surface area contributed by atoms with E-state index in [0.717, 1.165) is 25.7 Å². The number of hydrogen-bond acceptors (Lipinski definition) is 2. The van der Waals surface area contributed by atoms with E-state index in [4.69, 9.17) is 5.11 Å². The van der Waals surface area contributed by atoms with Gasteiger partial charge in [-0.15, -0.1) is 0 Å². The van der Waals surface area contributed by atoms with Crippen molar-refractivity contribution < 1.29 is 9.90 Å². The molecule has 2 aliphatic rings. The molecule has 0 amide bonds. The minimum absolute atomic E-state index is 0.0927. The van der Waals surface area contributed by atoms with Crippen LogP contribution in [-0.4, -0.2) is 23.2 Å². The summed E-state index contributed by atoms with van der Waals surface area (Å²) in [5.41, 5.74) is 0.518. The molecule has 2 aliphatic carbocycles. The highest BCUT2D eigenvalue weighted by Gasteiger charge is 2.43. The van der Waals surface area contributed by atoms with Gasteiger partial charge in [0, 0.05) is 12.1 Å². The number of carboxylic acids is 1. The number of carboxylic acid groups (broad SMARTS) is 1. The Morgan fingerprint density at radius 1 is 1.31 bits per heavy atom. The number of rotatable bonds is 4. The van der Waals surface area contributed by atoms with Crippen molar-refractivity contribution in [2.75, 3.05) is 0 Å². The van der Waals surface area contributed by atoms with Gasteiger partial charge in [0.15, 0.2) is 0 Å². The fourth-order valence-corrected chi connectivity index (χ4v) is 2.69. The van der Waals surface area contributed by atoms with Gasteiger partial charge in [0.1, 0.15) is 0 Å². The van der Waals surface area contributed by atoms with E-state index >= 15 is 0 Å². The van der Waals surface area contributed by atoms with Crippen molar-refractivity contribution in [2.45, 2.75) is 64.5 Å². The molecule has 3 nitrogen and oxygen atoms in total. The molecule has 0 aromatic carbocycles. The summed E-state index contributed by atoms with van der Waals surface area (Å²) in [5.74, 6) is -0.703. The average molecular weight is 225 g/mol. The van der Waals surface area contributed by atoms with Crippen LogP contribution in [0.3, 0.4) is 0 Å². The Balaban J connectivity index is 1.75.